The number of ether oxygens (including phenoxy) is 1. The Kier molecular flexibility index (Phi) is 5.75. The van der Waals surface area contributed by atoms with Gasteiger partial charge >= 0.3 is 0 Å². The van der Waals surface area contributed by atoms with Crippen molar-refractivity contribution in [3.8, 4) is 11.4 Å². The third-order valence-electron chi connectivity index (χ3n) is 4.05. The van der Waals surface area contributed by atoms with Crippen molar-refractivity contribution in [3.63, 3.8) is 0 Å². The van der Waals surface area contributed by atoms with Gasteiger partial charge in [-0.15, -0.1) is 5.10 Å². The maximum absolute atomic E-state index is 12.6. The summed E-state index contributed by atoms with van der Waals surface area (Å²) in [6, 6.07) is 13.4. The maximum atomic E-state index is 12.6. The van der Waals surface area contributed by atoms with Crippen LogP contribution in [0.5, 0.6) is 5.75 Å². The highest BCUT2D eigenvalue weighted by molar-refractivity contribution is 8.00. The molecule has 1 atom stereocenters. The van der Waals surface area contributed by atoms with Crippen molar-refractivity contribution in [2.24, 2.45) is 0 Å². The fraction of sp³-hybridized carbons (Fsp3) is 0.263. The smallest absolute Gasteiger partial charge is 0.237 e. The van der Waals surface area contributed by atoms with Gasteiger partial charge in [-0.1, -0.05) is 36.0 Å². The van der Waals surface area contributed by atoms with Gasteiger partial charge in [0.1, 0.15) is 5.75 Å². The number of para-hydroxylation sites is 2. The third-order valence-corrected chi connectivity index (χ3v) is 5.08. The highest BCUT2D eigenvalue weighted by atomic mass is 32.2. The minimum atomic E-state index is -0.398. The summed E-state index contributed by atoms with van der Waals surface area (Å²) in [5.74, 6) is 0.461. The molecule has 1 heterocycles. The van der Waals surface area contributed by atoms with Crippen LogP contribution >= 0.6 is 11.8 Å². The molecule has 140 valence electrons. The van der Waals surface area contributed by atoms with E-state index in [1.807, 2.05) is 51.1 Å². The van der Waals surface area contributed by atoms with E-state index in [9.17, 15) is 4.79 Å². The number of nitrogens with one attached hydrogen (secondary N) is 1. The molecule has 0 unspecified atom stereocenters. The zero-order chi connectivity index (χ0) is 19.4. The van der Waals surface area contributed by atoms with Gasteiger partial charge in [-0.05, 0) is 60.5 Å². The Labute approximate surface area is 162 Å². The second-order valence-electron chi connectivity index (χ2n) is 6.11. The zero-order valence-electron chi connectivity index (χ0n) is 15.6. The quantitative estimate of drug-likeness (QED) is 0.657. The molecule has 1 N–H and O–H groups in total. The molecule has 2 aromatic carbocycles. The number of nitrogens with zero attached hydrogens (tertiary/aromatic N) is 4. The molecule has 0 spiro atoms. The Hall–Kier alpha value is -2.87. The second-order valence-corrected chi connectivity index (χ2v) is 7.42. The molecular formula is C19H21N5O2S. The molecule has 1 amide bonds. The number of amides is 1. The van der Waals surface area contributed by atoms with Gasteiger partial charge < -0.3 is 10.1 Å². The Morgan fingerprint density at radius 3 is 2.78 bits per heavy atom. The van der Waals surface area contributed by atoms with Crippen molar-refractivity contribution in [2.75, 3.05) is 12.4 Å². The van der Waals surface area contributed by atoms with E-state index in [1.165, 1.54) is 11.8 Å². The molecule has 1 aromatic heterocycles. The Bertz CT molecular complexity index is 957. The number of aryl methyl sites for hydroxylation is 2. The van der Waals surface area contributed by atoms with Gasteiger partial charge in [-0.2, -0.15) is 4.68 Å². The summed E-state index contributed by atoms with van der Waals surface area (Å²) in [4.78, 5) is 12.6. The summed E-state index contributed by atoms with van der Waals surface area (Å²) < 4.78 is 6.94. The summed E-state index contributed by atoms with van der Waals surface area (Å²) >= 11 is 1.30. The topological polar surface area (TPSA) is 81.9 Å². The van der Waals surface area contributed by atoms with Crippen molar-refractivity contribution >= 4 is 23.4 Å². The number of carbonyl (C=O) groups is 1. The standard InChI is InChI=1S/C19H21N5O2S/c1-12-9-10-13(2)16(11-12)24-19(21-22-23-24)27-14(3)18(25)20-15-7-5-6-8-17(15)26-4/h5-11,14H,1-4H3,(H,20,25)/t14-/m0/s1. The lowest BCUT2D eigenvalue weighted by Gasteiger charge is -2.14. The minimum absolute atomic E-state index is 0.153. The van der Waals surface area contributed by atoms with Crippen LogP contribution in [-0.2, 0) is 4.79 Å². The van der Waals surface area contributed by atoms with Crippen LogP contribution in [-0.4, -0.2) is 38.5 Å². The molecule has 0 bridgehead atoms. The first-order chi connectivity index (χ1) is 13.0. The van der Waals surface area contributed by atoms with Crippen LogP contribution in [0.4, 0.5) is 5.69 Å². The third kappa shape index (κ3) is 4.28. The van der Waals surface area contributed by atoms with Gasteiger partial charge in [0.15, 0.2) is 0 Å². The first kappa shape index (κ1) is 18.9. The van der Waals surface area contributed by atoms with E-state index in [-0.39, 0.29) is 5.91 Å². The van der Waals surface area contributed by atoms with Crippen LogP contribution in [0.2, 0.25) is 0 Å². The van der Waals surface area contributed by atoms with Crippen LogP contribution in [0.15, 0.2) is 47.6 Å². The number of rotatable bonds is 6. The molecule has 0 radical (unpaired) electrons. The molecule has 0 saturated carbocycles. The molecule has 3 aromatic rings. The summed E-state index contributed by atoms with van der Waals surface area (Å²) in [6.45, 7) is 5.84. The number of hydrogen-bond donors (Lipinski definition) is 1. The number of hydrogen-bond acceptors (Lipinski definition) is 6. The van der Waals surface area contributed by atoms with Gasteiger partial charge in [0.25, 0.3) is 0 Å². The summed E-state index contributed by atoms with van der Waals surface area (Å²) in [6.07, 6.45) is 0. The van der Waals surface area contributed by atoms with Crippen LogP contribution in [0, 0.1) is 13.8 Å². The van der Waals surface area contributed by atoms with Crippen LogP contribution in [0.3, 0.4) is 0 Å². The highest BCUT2D eigenvalue weighted by Crippen LogP contribution is 2.27. The average Bonchev–Trinajstić information content (AvgIpc) is 3.12. The molecule has 27 heavy (non-hydrogen) atoms. The Balaban J connectivity index is 1.77. The van der Waals surface area contributed by atoms with Crippen molar-refractivity contribution in [3.05, 3.63) is 53.6 Å². The molecular weight excluding hydrogens is 362 g/mol. The minimum Gasteiger partial charge on any atom is -0.495 e. The van der Waals surface area contributed by atoms with E-state index in [1.54, 1.807) is 23.9 Å². The first-order valence-corrected chi connectivity index (χ1v) is 9.34. The fourth-order valence-corrected chi connectivity index (χ4v) is 3.35. The van der Waals surface area contributed by atoms with E-state index < -0.39 is 5.25 Å². The van der Waals surface area contributed by atoms with Crippen molar-refractivity contribution in [1.29, 1.82) is 0 Å². The highest BCUT2D eigenvalue weighted by Gasteiger charge is 2.21. The maximum Gasteiger partial charge on any atom is 0.237 e. The van der Waals surface area contributed by atoms with Gasteiger partial charge in [-0.25, -0.2) is 0 Å². The van der Waals surface area contributed by atoms with Crippen LogP contribution in [0.25, 0.3) is 5.69 Å². The normalized spacial score (nSPS) is 11.9. The molecule has 8 heteroatoms. The fourth-order valence-electron chi connectivity index (χ4n) is 2.55. The number of carbonyl (C=O) groups excluding carboxylic acids is 1. The number of benzene rings is 2. The lowest BCUT2D eigenvalue weighted by molar-refractivity contribution is -0.115. The number of tetrazole rings is 1. The largest absolute Gasteiger partial charge is 0.495 e. The molecule has 0 aliphatic carbocycles. The van der Waals surface area contributed by atoms with Crippen LogP contribution < -0.4 is 10.1 Å². The van der Waals surface area contributed by atoms with Crippen molar-refractivity contribution in [2.45, 2.75) is 31.2 Å². The molecule has 0 aliphatic heterocycles. The van der Waals surface area contributed by atoms with Gasteiger partial charge in [0.05, 0.1) is 23.7 Å². The first-order valence-electron chi connectivity index (χ1n) is 8.46. The number of thioether (sulfide) groups is 1. The summed E-state index contributed by atoms with van der Waals surface area (Å²) in [7, 11) is 1.57. The summed E-state index contributed by atoms with van der Waals surface area (Å²) in [5, 5.41) is 15.0. The van der Waals surface area contributed by atoms with E-state index >= 15 is 0 Å². The van der Waals surface area contributed by atoms with E-state index in [2.05, 4.69) is 20.8 Å². The van der Waals surface area contributed by atoms with E-state index in [4.69, 9.17) is 4.74 Å². The zero-order valence-corrected chi connectivity index (χ0v) is 16.4. The second kappa shape index (κ2) is 8.22. The van der Waals surface area contributed by atoms with Gasteiger partial charge in [0.2, 0.25) is 11.1 Å². The average molecular weight is 383 g/mol. The molecule has 0 aliphatic rings. The lowest BCUT2D eigenvalue weighted by atomic mass is 10.1. The monoisotopic (exact) mass is 383 g/mol. The molecule has 3 rings (SSSR count). The van der Waals surface area contributed by atoms with Gasteiger partial charge in [0, 0.05) is 0 Å². The Morgan fingerprint density at radius 2 is 2.00 bits per heavy atom. The molecule has 7 nitrogen and oxygen atoms in total. The van der Waals surface area contributed by atoms with E-state index in [0.717, 1.165) is 16.8 Å². The van der Waals surface area contributed by atoms with Crippen molar-refractivity contribution in [1.82, 2.24) is 20.2 Å². The molecule has 0 fully saturated rings. The number of aromatic nitrogens is 4. The van der Waals surface area contributed by atoms with Crippen molar-refractivity contribution < 1.29 is 9.53 Å². The van der Waals surface area contributed by atoms with Gasteiger partial charge in [-0.3, -0.25) is 4.79 Å². The van der Waals surface area contributed by atoms with Crippen LogP contribution in [0.1, 0.15) is 18.1 Å². The SMILES string of the molecule is COc1ccccc1NC(=O)[C@H](C)Sc1nnnn1-c1cc(C)ccc1C. The lowest BCUT2D eigenvalue weighted by Crippen LogP contribution is -2.23. The predicted molar refractivity (Wildman–Crippen MR) is 106 cm³/mol. The predicted octanol–water partition coefficient (Wildman–Crippen LogP) is 3.41. The Morgan fingerprint density at radius 1 is 1.22 bits per heavy atom. The van der Waals surface area contributed by atoms with E-state index in [0.29, 0.717) is 16.6 Å². The number of methoxy groups -OCH3 is 1. The molecule has 0 saturated heterocycles. The summed E-state index contributed by atoms with van der Waals surface area (Å²) in [5.41, 5.74) is 3.70. The number of anilines is 1.